The first-order chi connectivity index (χ1) is 11.7. The van der Waals surface area contributed by atoms with E-state index in [2.05, 4.69) is 10.6 Å². The first-order valence-electron chi connectivity index (χ1n) is 8.09. The lowest BCUT2D eigenvalue weighted by Gasteiger charge is -2.17. The summed E-state index contributed by atoms with van der Waals surface area (Å²) in [5, 5.41) is 6.19. The highest BCUT2D eigenvalue weighted by Crippen LogP contribution is 2.34. The van der Waals surface area contributed by atoms with Gasteiger partial charge < -0.3 is 15.4 Å². The average Bonchev–Trinajstić information content (AvgIpc) is 2.80. The van der Waals surface area contributed by atoms with Crippen molar-refractivity contribution in [1.82, 2.24) is 10.6 Å². The average molecular weight is 365 g/mol. The Morgan fingerprint density at radius 3 is 2.76 bits per heavy atom. The minimum absolute atomic E-state index is 0. The number of amides is 1. The second-order valence-corrected chi connectivity index (χ2v) is 5.90. The maximum absolute atomic E-state index is 13.7. The summed E-state index contributed by atoms with van der Waals surface area (Å²) in [6, 6.07) is 12.3. The maximum atomic E-state index is 13.7. The van der Waals surface area contributed by atoms with E-state index >= 15 is 0 Å². The van der Waals surface area contributed by atoms with Crippen LogP contribution in [0.3, 0.4) is 0 Å². The Kier molecular flexibility index (Phi) is 6.79. The van der Waals surface area contributed by atoms with Crippen LogP contribution in [0.1, 0.15) is 5.56 Å². The molecular weight excluding hydrogens is 343 g/mol. The van der Waals surface area contributed by atoms with Gasteiger partial charge in [-0.05, 0) is 35.7 Å². The van der Waals surface area contributed by atoms with E-state index in [0.717, 1.165) is 17.7 Å². The normalized spacial score (nSPS) is 17.2. The van der Waals surface area contributed by atoms with Crippen LogP contribution in [0.25, 0.3) is 11.1 Å². The number of hydrogen-bond acceptors (Lipinski definition) is 3. The molecule has 2 N–H and O–H groups in total. The van der Waals surface area contributed by atoms with Crippen LogP contribution in [-0.2, 0) is 11.2 Å². The molecule has 0 bridgehead atoms. The fraction of sp³-hybridized carbons (Fsp3) is 0.316. The summed E-state index contributed by atoms with van der Waals surface area (Å²) in [5.74, 6) is 0.219. The number of methoxy groups -OCH3 is 1. The minimum atomic E-state index is -0.311. The van der Waals surface area contributed by atoms with Crippen molar-refractivity contribution < 1.29 is 13.9 Å². The van der Waals surface area contributed by atoms with E-state index in [0.29, 0.717) is 30.8 Å². The van der Waals surface area contributed by atoms with Gasteiger partial charge in [-0.25, -0.2) is 4.39 Å². The summed E-state index contributed by atoms with van der Waals surface area (Å²) in [5.41, 5.74) is 2.60. The summed E-state index contributed by atoms with van der Waals surface area (Å²) in [6.07, 6.45) is 0.592. The summed E-state index contributed by atoms with van der Waals surface area (Å²) in [7, 11) is 1.57. The summed E-state index contributed by atoms with van der Waals surface area (Å²) < 4.78 is 19.1. The van der Waals surface area contributed by atoms with E-state index in [1.807, 2.05) is 24.3 Å². The number of nitrogens with one attached hydrogen (secondary N) is 2. The highest BCUT2D eigenvalue weighted by atomic mass is 35.5. The fourth-order valence-electron chi connectivity index (χ4n) is 3.07. The van der Waals surface area contributed by atoms with Gasteiger partial charge in [-0.2, -0.15) is 0 Å². The molecule has 3 rings (SSSR count). The number of carbonyl (C=O) groups is 1. The highest BCUT2D eigenvalue weighted by Gasteiger charge is 2.22. The van der Waals surface area contributed by atoms with Crippen molar-refractivity contribution >= 4 is 18.3 Å². The van der Waals surface area contributed by atoms with Crippen LogP contribution in [0.2, 0.25) is 0 Å². The number of halogens is 2. The lowest BCUT2D eigenvalue weighted by Crippen LogP contribution is -2.32. The van der Waals surface area contributed by atoms with Crippen LogP contribution in [0.4, 0.5) is 4.39 Å². The molecule has 4 nitrogen and oxygen atoms in total. The predicted octanol–water partition coefficient (Wildman–Crippen LogP) is 2.80. The van der Waals surface area contributed by atoms with Crippen LogP contribution in [0.15, 0.2) is 42.5 Å². The van der Waals surface area contributed by atoms with Crippen LogP contribution < -0.4 is 15.4 Å². The van der Waals surface area contributed by atoms with Crippen LogP contribution in [0.5, 0.6) is 5.75 Å². The Morgan fingerprint density at radius 2 is 1.96 bits per heavy atom. The van der Waals surface area contributed by atoms with Crippen molar-refractivity contribution in [3.8, 4) is 16.9 Å². The van der Waals surface area contributed by atoms with Crippen molar-refractivity contribution in [2.75, 3.05) is 26.7 Å². The number of benzene rings is 2. The van der Waals surface area contributed by atoms with Crippen molar-refractivity contribution in [2.45, 2.75) is 6.42 Å². The molecule has 1 amide bonds. The summed E-state index contributed by atoms with van der Waals surface area (Å²) >= 11 is 0. The van der Waals surface area contributed by atoms with Crippen molar-refractivity contribution in [1.29, 1.82) is 0 Å². The molecular formula is C19H22ClFN2O2. The van der Waals surface area contributed by atoms with Gasteiger partial charge >= 0.3 is 0 Å². The van der Waals surface area contributed by atoms with Crippen LogP contribution >= 0.6 is 12.4 Å². The van der Waals surface area contributed by atoms with Gasteiger partial charge in [0, 0.05) is 25.2 Å². The fourth-order valence-corrected chi connectivity index (χ4v) is 3.07. The molecule has 1 aliphatic heterocycles. The molecule has 134 valence electrons. The van der Waals surface area contributed by atoms with E-state index in [1.165, 1.54) is 12.1 Å². The summed E-state index contributed by atoms with van der Waals surface area (Å²) in [4.78, 5) is 12.2. The predicted molar refractivity (Wildman–Crippen MR) is 98.7 cm³/mol. The zero-order valence-corrected chi connectivity index (χ0v) is 14.9. The molecule has 1 fully saturated rings. The molecule has 0 radical (unpaired) electrons. The van der Waals surface area contributed by atoms with Gasteiger partial charge in [0.25, 0.3) is 0 Å². The van der Waals surface area contributed by atoms with Gasteiger partial charge in [0.2, 0.25) is 5.91 Å². The molecule has 6 heteroatoms. The quantitative estimate of drug-likeness (QED) is 0.877. The molecule has 0 spiro atoms. The first kappa shape index (κ1) is 19.2. The van der Waals surface area contributed by atoms with E-state index in [1.54, 1.807) is 13.2 Å². The van der Waals surface area contributed by atoms with Crippen molar-refractivity contribution in [3.63, 3.8) is 0 Å². The Bertz CT molecular complexity index is 739. The Labute approximate surface area is 153 Å². The molecule has 2 aromatic carbocycles. The molecule has 1 aliphatic rings. The van der Waals surface area contributed by atoms with Crippen molar-refractivity contribution in [3.05, 3.63) is 53.8 Å². The largest absolute Gasteiger partial charge is 0.496 e. The van der Waals surface area contributed by atoms with Crippen LogP contribution in [0, 0.1) is 11.7 Å². The molecule has 0 aromatic heterocycles. The lowest BCUT2D eigenvalue weighted by atomic mass is 9.91. The topological polar surface area (TPSA) is 50.4 Å². The Balaban J connectivity index is 0.00000225. The third kappa shape index (κ3) is 4.50. The number of rotatable bonds is 4. The van der Waals surface area contributed by atoms with Gasteiger partial charge in [0.1, 0.15) is 11.6 Å². The standard InChI is InChI=1S/C19H21FN2O2.ClH/c1-24-18-7-6-15(20)11-17(18)16-5-3-2-4-13(16)10-14-12-21-8-9-22-19(14)23;/h2-7,11,14,21H,8-10,12H2,1H3,(H,22,23);1H. The molecule has 1 atom stereocenters. The Hall–Kier alpha value is -2.11. The molecule has 1 unspecified atom stereocenters. The second kappa shape index (κ2) is 8.83. The molecule has 2 aromatic rings. The van der Waals surface area contributed by atoms with Gasteiger partial charge in [-0.1, -0.05) is 24.3 Å². The first-order valence-corrected chi connectivity index (χ1v) is 8.09. The van der Waals surface area contributed by atoms with Crippen LogP contribution in [-0.4, -0.2) is 32.7 Å². The van der Waals surface area contributed by atoms with Gasteiger partial charge in [0.05, 0.1) is 13.0 Å². The van der Waals surface area contributed by atoms with E-state index < -0.39 is 0 Å². The smallest absolute Gasteiger partial charge is 0.224 e. The lowest BCUT2D eigenvalue weighted by molar-refractivity contribution is -0.124. The second-order valence-electron chi connectivity index (χ2n) is 5.90. The summed E-state index contributed by atoms with van der Waals surface area (Å²) in [6.45, 7) is 2.07. The molecule has 0 aliphatic carbocycles. The van der Waals surface area contributed by atoms with E-state index in [4.69, 9.17) is 4.74 Å². The molecule has 1 saturated heterocycles. The SMILES string of the molecule is COc1ccc(F)cc1-c1ccccc1CC1CNCCNC1=O.Cl. The van der Waals surface area contributed by atoms with E-state index in [-0.39, 0.29) is 30.0 Å². The minimum Gasteiger partial charge on any atom is -0.496 e. The Morgan fingerprint density at radius 1 is 1.16 bits per heavy atom. The van der Waals surface area contributed by atoms with Gasteiger partial charge in [-0.3, -0.25) is 4.79 Å². The molecule has 0 saturated carbocycles. The number of carbonyl (C=O) groups excluding carboxylic acids is 1. The monoisotopic (exact) mass is 364 g/mol. The molecule has 25 heavy (non-hydrogen) atoms. The van der Waals surface area contributed by atoms with Crippen molar-refractivity contribution in [2.24, 2.45) is 5.92 Å². The number of ether oxygens (including phenoxy) is 1. The number of hydrogen-bond donors (Lipinski definition) is 2. The third-order valence-electron chi connectivity index (χ3n) is 4.30. The zero-order valence-electron chi connectivity index (χ0n) is 14.0. The zero-order chi connectivity index (χ0) is 16.9. The van der Waals surface area contributed by atoms with E-state index in [9.17, 15) is 9.18 Å². The highest BCUT2D eigenvalue weighted by molar-refractivity contribution is 5.85. The molecule has 1 heterocycles. The van der Waals surface area contributed by atoms with Gasteiger partial charge in [0.15, 0.2) is 0 Å². The maximum Gasteiger partial charge on any atom is 0.224 e. The van der Waals surface area contributed by atoms with Gasteiger partial charge in [-0.15, -0.1) is 12.4 Å². The third-order valence-corrected chi connectivity index (χ3v) is 4.30.